The van der Waals surface area contributed by atoms with E-state index in [9.17, 15) is 9.59 Å². The van der Waals surface area contributed by atoms with E-state index in [1.165, 1.54) is 4.90 Å². The minimum atomic E-state index is -0.722. The van der Waals surface area contributed by atoms with E-state index in [1.807, 2.05) is 38.1 Å². The zero-order valence-electron chi connectivity index (χ0n) is 18.7. The summed E-state index contributed by atoms with van der Waals surface area (Å²) >= 11 is 0. The average Bonchev–Trinajstić information content (AvgIpc) is 3.38. The third-order valence-corrected chi connectivity index (χ3v) is 4.64. The predicted molar refractivity (Wildman–Crippen MR) is 123 cm³/mol. The maximum absolute atomic E-state index is 11.5. The lowest BCUT2D eigenvalue weighted by Gasteiger charge is -2.15. The molecule has 0 aliphatic carbocycles. The molecule has 2 amide bonds. The van der Waals surface area contributed by atoms with Crippen LogP contribution in [0.15, 0.2) is 24.3 Å². The summed E-state index contributed by atoms with van der Waals surface area (Å²) in [5, 5.41) is 13.1. The Morgan fingerprint density at radius 1 is 1.34 bits per heavy atom. The van der Waals surface area contributed by atoms with Crippen LogP contribution in [0.1, 0.15) is 48.3 Å². The van der Waals surface area contributed by atoms with Gasteiger partial charge in [-0.25, -0.2) is 4.68 Å². The molecule has 8 heteroatoms. The molecule has 1 aromatic carbocycles. The van der Waals surface area contributed by atoms with Crippen LogP contribution in [0.2, 0.25) is 0 Å². The monoisotopic (exact) mass is 438 g/mol. The molecule has 32 heavy (non-hydrogen) atoms. The Kier molecular flexibility index (Phi) is 10.5. The van der Waals surface area contributed by atoms with Gasteiger partial charge in [0.05, 0.1) is 12.3 Å². The second-order valence-electron chi connectivity index (χ2n) is 6.62. The van der Waals surface area contributed by atoms with Gasteiger partial charge in [0.15, 0.2) is 5.69 Å². The highest BCUT2D eigenvalue weighted by Crippen LogP contribution is 2.30. The van der Waals surface area contributed by atoms with Crippen molar-refractivity contribution in [2.75, 3.05) is 20.2 Å². The molecule has 2 aliphatic rings. The quantitative estimate of drug-likeness (QED) is 0.694. The number of ether oxygens (including phenoxy) is 1. The molecule has 2 aromatic rings. The lowest BCUT2D eigenvalue weighted by molar-refractivity contribution is -0.133. The molecule has 1 saturated heterocycles. The molecule has 1 aromatic heterocycles. The van der Waals surface area contributed by atoms with Crippen LogP contribution in [-0.2, 0) is 11.2 Å². The predicted octanol–water partition coefficient (Wildman–Crippen LogP) is 1.76. The van der Waals surface area contributed by atoms with Gasteiger partial charge in [0.25, 0.3) is 11.8 Å². The number of benzene rings is 1. The van der Waals surface area contributed by atoms with Crippen LogP contribution in [0.4, 0.5) is 0 Å². The van der Waals surface area contributed by atoms with Gasteiger partial charge >= 0.3 is 0 Å². The largest absolute Gasteiger partial charge is 0.477 e. The van der Waals surface area contributed by atoms with E-state index >= 15 is 0 Å². The Balaban J connectivity index is 0.000000357. The van der Waals surface area contributed by atoms with Gasteiger partial charge in [-0.15, -0.1) is 19.3 Å². The number of likely N-dealkylation sites (N-methyl/N-ethyl adjacent to an activating group) is 1. The Bertz CT molecular complexity index is 976. The molecule has 0 bridgehead atoms. The number of carbonyl (C=O) groups is 2. The standard InChI is InChI=1S/C15H13N3O2.C5H9NO2.C2H6.C2H2/c1-2-10-5-3-6-11(9-10)18-15-12(7-4-8-20-15)13(17-18)14(16)19;1-6-3-2-4(7)5(6)8;2*1-2/h1,3,5-6,9H,4,7-8H2,(H2,16,19);4,7H,2-3H2,1H3;1-2H3;1-2H/t;4-;;/m.0../s1. The Hall–Kier alpha value is -3.75. The number of hydrogen-bond donors (Lipinski definition) is 2. The van der Waals surface area contributed by atoms with Crippen LogP contribution < -0.4 is 10.5 Å². The van der Waals surface area contributed by atoms with Gasteiger partial charge in [-0.05, 0) is 37.5 Å². The SMILES string of the molecule is C#C.C#Cc1cccc(-n2nc(C(N)=O)c3c2OCCC3)c1.CC.CN1CC[C@H](O)C1=O. The topological polar surface area (TPSA) is 111 Å². The van der Waals surface area contributed by atoms with Crippen LogP contribution in [0, 0.1) is 25.2 Å². The molecule has 2 aliphatic heterocycles. The molecule has 4 rings (SSSR count). The number of aromatic nitrogens is 2. The molecule has 0 spiro atoms. The fourth-order valence-corrected chi connectivity index (χ4v) is 3.13. The van der Waals surface area contributed by atoms with Crippen molar-refractivity contribution >= 4 is 11.8 Å². The van der Waals surface area contributed by atoms with Gasteiger partial charge in [-0.1, -0.05) is 25.8 Å². The minimum absolute atomic E-state index is 0.148. The van der Waals surface area contributed by atoms with Crippen LogP contribution in [0.3, 0.4) is 0 Å². The van der Waals surface area contributed by atoms with Crippen molar-refractivity contribution in [1.29, 1.82) is 0 Å². The summed E-state index contributed by atoms with van der Waals surface area (Å²) in [5.74, 6) is 2.46. The first-order valence-corrected chi connectivity index (χ1v) is 10.3. The average molecular weight is 439 g/mol. The molecule has 170 valence electrons. The zero-order valence-corrected chi connectivity index (χ0v) is 18.7. The molecule has 3 heterocycles. The summed E-state index contributed by atoms with van der Waals surface area (Å²) in [4.78, 5) is 23.6. The van der Waals surface area contributed by atoms with Gasteiger partial charge in [-0.3, -0.25) is 9.59 Å². The number of nitrogens with two attached hydrogens (primary N) is 1. The van der Waals surface area contributed by atoms with E-state index in [4.69, 9.17) is 22.0 Å². The number of hydrogen-bond acceptors (Lipinski definition) is 5. The van der Waals surface area contributed by atoms with Crippen molar-refractivity contribution in [3.8, 4) is 36.8 Å². The molecule has 3 N–H and O–H groups in total. The third kappa shape index (κ3) is 6.13. The Morgan fingerprint density at radius 3 is 2.53 bits per heavy atom. The first-order valence-electron chi connectivity index (χ1n) is 10.3. The number of likely N-dealkylation sites (tertiary alicyclic amines) is 1. The number of nitrogens with zero attached hydrogens (tertiary/aromatic N) is 3. The summed E-state index contributed by atoms with van der Waals surface area (Å²) in [5.41, 5.74) is 7.92. The first kappa shape index (κ1) is 26.3. The molecule has 1 fully saturated rings. The molecular weight excluding hydrogens is 408 g/mol. The maximum atomic E-state index is 11.5. The van der Waals surface area contributed by atoms with Crippen molar-refractivity contribution in [3.05, 3.63) is 41.1 Å². The van der Waals surface area contributed by atoms with E-state index < -0.39 is 12.0 Å². The normalized spacial score (nSPS) is 15.8. The Morgan fingerprint density at radius 2 is 2.03 bits per heavy atom. The first-order chi connectivity index (χ1) is 15.4. The van der Waals surface area contributed by atoms with Crippen LogP contribution in [-0.4, -0.2) is 57.9 Å². The second-order valence-corrected chi connectivity index (χ2v) is 6.62. The highest BCUT2D eigenvalue weighted by molar-refractivity contribution is 5.93. The third-order valence-electron chi connectivity index (χ3n) is 4.64. The highest BCUT2D eigenvalue weighted by Gasteiger charge is 2.26. The van der Waals surface area contributed by atoms with Crippen molar-refractivity contribution in [2.24, 2.45) is 5.73 Å². The van der Waals surface area contributed by atoms with Crippen molar-refractivity contribution in [3.63, 3.8) is 0 Å². The molecule has 1 atom stereocenters. The number of aliphatic hydroxyl groups is 1. The zero-order chi connectivity index (χ0) is 24.3. The van der Waals surface area contributed by atoms with E-state index in [2.05, 4.69) is 23.9 Å². The summed E-state index contributed by atoms with van der Waals surface area (Å²) in [7, 11) is 1.69. The molecule has 0 unspecified atom stereocenters. The second kappa shape index (κ2) is 12.8. The van der Waals surface area contributed by atoms with E-state index in [0.29, 0.717) is 25.5 Å². The number of terminal acetylenes is 2. The number of carbonyl (C=O) groups excluding carboxylic acids is 2. The summed E-state index contributed by atoms with van der Waals surface area (Å²) in [6, 6.07) is 7.34. The molecule has 8 nitrogen and oxygen atoms in total. The summed E-state index contributed by atoms with van der Waals surface area (Å²) in [6.07, 6.45) is 14.9. The number of primary amides is 1. The van der Waals surface area contributed by atoms with E-state index in [-0.39, 0.29) is 11.6 Å². The molecular formula is C24H30N4O4. The number of fused-ring (bicyclic) bond motifs is 1. The molecule has 0 saturated carbocycles. The Labute approximate surface area is 189 Å². The van der Waals surface area contributed by atoms with Gasteiger partial charge < -0.3 is 20.5 Å². The minimum Gasteiger partial charge on any atom is -0.477 e. The van der Waals surface area contributed by atoms with Gasteiger partial charge in [0.2, 0.25) is 5.88 Å². The summed E-state index contributed by atoms with van der Waals surface area (Å²) < 4.78 is 7.25. The number of aliphatic hydroxyl groups excluding tert-OH is 1. The van der Waals surface area contributed by atoms with Gasteiger partial charge in [0, 0.05) is 24.7 Å². The maximum Gasteiger partial charge on any atom is 0.269 e. The smallest absolute Gasteiger partial charge is 0.269 e. The van der Waals surface area contributed by atoms with Crippen LogP contribution >= 0.6 is 0 Å². The fourth-order valence-electron chi connectivity index (χ4n) is 3.13. The fraction of sp³-hybridized carbons (Fsp3) is 0.375. The lowest BCUT2D eigenvalue weighted by atomic mass is 10.1. The highest BCUT2D eigenvalue weighted by atomic mass is 16.5. The molecule has 0 radical (unpaired) electrons. The van der Waals surface area contributed by atoms with Crippen molar-refractivity contribution in [1.82, 2.24) is 14.7 Å². The van der Waals surface area contributed by atoms with Crippen LogP contribution in [0.25, 0.3) is 5.69 Å². The van der Waals surface area contributed by atoms with E-state index in [1.54, 1.807) is 11.7 Å². The number of amides is 2. The lowest BCUT2D eigenvalue weighted by Crippen LogP contribution is -2.24. The van der Waals surface area contributed by atoms with Gasteiger partial charge in [-0.2, -0.15) is 5.10 Å². The van der Waals surface area contributed by atoms with E-state index in [0.717, 1.165) is 29.7 Å². The van der Waals surface area contributed by atoms with Crippen molar-refractivity contribution < 1.29 is 19.4 Å². The number of rotatable bonds is 2. The van der Waals surface area contributed by atoms with Crippen LogP contribution in [0.5, 0.6) is 5.88 Å². The van der Waals surface area contributed by atoms with Gasteiger partial charge in [0.1, 0.15) is 6.10 Å². The van der Waals surface area contributed by atoms with Crippen molar-refractivity contribution in [2.45, 2.75) is 39.2 Å². The summed E-state index contributed by atoms with van der Waals surface area (Å²) in [6.45, 7) is 5.30.